The number of carbonyl (C=O) groups is 2. The Morgan fingerprint density at radius 2 is 1.93 bits per heavy atom. The summed E-state index contributed by atoms with van der Waals surface area (Å²) in [4.78, 5) is 24.7. The number of benzene rings is 2. The van der Waals surface area contributed by atoms with Crippen LogP contribution in [-0.2, 0) is 4.79 Å². The summed E-state index contributed by atoms with van der Waals surface area (Å²) < 4.78 is 5.16. The van der Waals surface area contributed by atoms with E-state index >= 15 is 0 Å². The summed E-state index contributed by atoms with van der Waals surface area (Å²) in [5.74, 6) is 0.245. The number of hydrogen-bond donors (Lipinski definition) is 3. The van der Waals surface area contributed by atoms with E-state index in [1.54, 1.807) is 50.4 Å². The van der Waals surface area contributed by atoms with Crippen LogP contribution >= 0.6 is 11.6 Å². The molecule has 0 unspecified atom stereocenters. The van der Waals surface area contributed by atoms with Gasteiger partial charge in [0.1, 0.15) is 5.75 Å². The minimum atomic E-state index is -0.616. The highest BCUT2D eigenvalue weighted by Gasteiger charge is 2.31. The molecule has 0 aromatic heterocycles. The van der Waals surface area contributed by atoms with Crippen molar-refractivity contribution in [3.05, 3.63) is 76.0 Å². The third-order valence-corrected chi connectivity index (χ3v) is 4.58. The van der Waals surface area contributed by atoms with E-state index in [1.807, 2.05) is 12.1 Å². The smallest absolute Gasteiger partial charge is 0.319 e. The van der Waals surface area contributed by atoms with Gasteiger partial charge in [0.25, 0.3) is 5.91 Å². The van der Waals surface area contributed by atoms with Gasteiger partial charge in [0.2, 0.25) is 0 Å². The van der Waals surface area contributed by atoms with Crippen LogP contribution in [0.5, 0.6) is 5.75 Å². The molecule has 3 N–H and O–H groups in total. The number of halogens is 1. The predicted molar refractivity (Wildman–Crippen MR) is 107 cm³/mol. The van der Waals surface area contributed by atoms with Gasteiger partial charge in [-0.25, -0.2) is 10.2 Å². The molecule has 0 aliphatic carbocycles. The van der Waals surface area contributed by atoms with E-state index in [2.05, 4.69) is 21.2 Å². The second-order valence-corrected chi connectivity index (χ2v) is 6.47. The van der Waals surface area contributed by atoms with Gasteiger partial charge >= 0.3 is 6.03 Å². The third kappa shape index (κ3) is 4.32. The van der Waals surface area contributed by atoms with Crippen LogP contribution in [0.15, 0.2) is 64.9 Å². The van der Waals surface area contributed by atoms with Crippen LogP contribution in [0.4, 0.5) is 4.79 Å². The number of rotatable bonds is 5. The highest BCUT2D eigenvalue weighted by Crippen LogP contribution is 2.28. The Balaban J connectivity index is 1.83. The lowest BCUT2D eigenvalue weighted by atomic mass is 9.95. The number of urea groups is 1. The lowest BCUT2D eigenvalue weighted by molar-refractivity contribution is -0.117. The molecule has 7 nitrogen and oxygen atoms in total. The minimum absolute atomic E-state index is 0.362. The summed E-state index contributed by atoms with van der Waals surface area (Å²) in [5, 5.41) is 9.90. The SMILES string of the molecule is COc1ccc([C@H]2NC(=O)NC(C)=C2C(=O)N/N=C\c2ccccc2Cl)cc1. The first-order valence-corrected chi connectivity index (χ1v) is 8.87. The number of allylic oxidation sites excluding steroid dienone is 1. The minimum Gasteiger partial charge on any atom is -0.497 e. The quantitative estimate of drug-likeness (QED) is 0.533. The zero-order chi connectivity index (χ0) is 20.1. The number of amides is 3. The van der Waals surface area contributed by atoms with Crippen molar-refractivity contribution in [2.75, 3.05) is 7.11 Å². The fourth-order valence-corrected chi connectivity index (χ4v) is 3.03. The normalized spacial score (nSPS) is 16.5. The maximum atomic E-state index is 12.8. The third-order valence-electron chi connectivity index (χ3n) is 4.24. The lowest BCUT2D eigenvalue weighted by Crippen LogP contribution is -2.46. The van der Waals surface area contributed by atoms with E-state index in [4.69, 9.17) is 16.3 Å². The van der Waals surface area contributed by atoms with Crippen molar-refractivity contribution < 1.29 is 14.3 Å². The van der Waals surface area contributed by atoms with Gasteiger partial charge in [-0.3, -0.25) is 4.79 Å². The van der Waals surface area contributed by atoms with Gasteiger partial charge in [0.15, 0.2) is 0 Å². The molecule has 0 radical (unpaired) electrons. The van der Waals surface area contributed by atoms with Gasteiger partial charge < -0.3 is 15.4 Å². The van der Waals surface area contributed by atoms with E-state index < -0.39 is 11.9 Å². The Hall–Kier alpha value is -3.32. The summed E-state index contributed by atoms with van der Waals surface area (Å²) in [6, 6.07) is 13.3. The molecule has 3 rings (SSSR count). The first-order valence-electron chi connectivity index (χ1n) is 8.49. The van der Waals surface area contributed by atoms with Gasteiger partial charge in [0.05, 0.1) is 24.9 Å². The van der Waals surface area contributed by atoms with Crippen LogP contribution in [0, 0.1) is 0 Å². The molecule has 0 saturated heterocycles. The lowest BCUT2D eigenvalue weighted by Gasteiger charge is -2.28. The predicted octanol–water partition coefficient (Wildman–Crippen LogP) is 3.13. The van der Waals surface area contributed by atoms with Crippen molar-refractivity contribution in [2.45, 2.75) is 13.0 Å². The Labute approximate surface area is 167 Å². The molecule has 0 spiro atoms. The highest BCUT2D eigenvalue weighted by atomic mass is 35.5. The summed E-state index contributed by atoms with van der Waals surface area (Å²) in [6.45, 7) is 1.67. The number of hydrogen-bond acceptors (Lipinski definition) is 4. The number of nitrogens with one attached hydrogen (secondary N) is 3. The average Bonchev–Trinajstić information content (AvgIpc) is 2.69. The molecule has 28 heavy (non-hydrogen) atoms. The van der Waals surface area contributed by atoms with E-state index in [9.17, 15) is 9.59 Å². The molecule has 3 amide bonds. The van der Waals surface area contributed by atoms with Gasteiger partial charge in [-0.1, -0.05) is 41.9 Å². The van der Waals surface area contributed by atoms with Crippen LogP contribution in [0.25, 0.3) is 0 Å². The largest absolute Gasteiger partial charge is 0.497 e. The fourth-order valence-electron chi connectivity index (χ4n) is 2.84. The molecule has 1 aliphatic rings. The number of hydrazone groups is 1. The van der Waals surface area contributed by atoms with Crippen molar-refractivity contribution in [1.82, 2.24) is 16.1 Å². The van der Waals surface area contributed by atoms with Gasteiger partial charge in [-0.05, 0) is 30.7 Å². The van der Waals surface area contributed by atoms with E-state index in [1.165, 1.54) is 6.21 Å². The second-order valence-electron chi connectivity index (χ2n) is 6.06. The molecule has 144 valence electrons. The standard InChI is InChI=1S/C20H19ClN4O3/c1-12-17(19(26)25-22-11-14-5-3-4-6-16(14)21)18(24-20(27)23-12)13-7-9-15(28-2)10-8-13/h3-11,18H,1-2H3,(H,25,26)(H2,23,24,27)/b22-11-/t18-/m1/s1. The second kappa shape index (κ2) is 8.58. The number of methoxy groups -OCH3 is 1. The Morgan fingerprint density at radius 1 is 1.21 bits per heavy atom. The Kier molecular flexibility index (Phi) is 5.96. The van der Waals surface area contributed by atoms with Crippen LogP contribution in [0.1, 0.15) is 24.1 Å². The number of nitrogens with zero attached hydrogens (tertiary/aromatic N) is 1. The van der Waals surface area contributed by atoms with Crippen LogP contribution in [0.2, 0.25) is 5.02 Å². The molecule has 2 aromatic carbocycles. The highest BCUT2D eigenvalue weighted by molar-refractivity contribution is 6.33. The van der Waals surface area contributed by atoms with Crippen molar-refractivity contribution in [3.8, 4) is 5.75 Å². The summed E-state index contributed by atoms with van der Waals surface area (Å²) in [6.07, 6.45) is 1.47. The molecular weight excluding hydrogens is 380 g/mol. The molecule has 8 heteroatoms. The molecule has 0 saturated carbocycles. The van der Waals surface area contributed by atoms with Crippen LogP contribution < -0.4 is 20.8 Å². The Morgan fingerprint density at radius 3 is 2.61 bits per heavy atom. The molecule has 1 aliphatic heterocycles. The van der Waals surface area contributed by atoms with E-state index in [-0.39, 0.29) is 6.03 Å². The van der Waals surface area contributed by atoms with E-state index in [0.29, 0.717) is 27.6 Å². The van der Waals surface area contributed by atoms with Crippen molar-refractivity contribution in [3.63, 3.8) is 0 Å². The maximum absolute atomic E-state index is 12.8. The van der Waals surface area contributed by atoms with Crippen molar-refractivity contribution >= 4 is 29.8 Å². The first kappa shape index (κ1) is 19.4. The van der Waals surface area contributed by atoms with Crippen LogP contribution in [0.3, 0.4) is 0 Å². The topological polar surface area (TPSA) is 91.8 Å². The summed E-state index contributed by atoms with van der Waals surface area (Å²) >= 11 is 6.07. The van der Waals surface area contributed by atoms with E-state index in [0.717, 1.165) is 5.56 Å². The molecule has 1 atom stereocenters. The Bertz CT molecular complexity index is 954. The van der Waals surface area contributed by atoms with Gasteiger partial charge in [0, 0.05) is 16.3 Å². The maximum Gasteiger partial charge on any atom is 0.319 e. The van der Waals surface area contributed by atoms with Crippen LogP contribution in [-0.4, -0.2) is 25.3 Å². The van der Waals surface area contributed by atoms with Gasteiger partial charge in [-0.15, -0.1) is 0 Å². The summed E-state index contributed by atoms with van der Waals surface area (Å²) in [7, 11) is 1.57. The number of carbonyl (C=O) groups excluding carboxylic acids is 2. The first-order chi connectivity index (χ1) is 13.5. The average molecular weight is 399 g/mol. The molecule has 1 heterocycles. The molecular formula is C20H19ClN4O3. The zero-order valence-electron chi connectivity index (χ0n) is 15.3. The van der Waals surface area contributed by atoms with Gasteiger partial charge in [-0.2, -0.15) is 5.10 Å². The molecule has 0 fully saturated rings. The summed E-state index contributed by atoms with van der Waals surface area (Å²) in [5.41, 5.74) is 4.73. The zero-order valence-corrected chi connectivity index (χ0v) is 16.1. The van der Waals surface area contributed by atoms with Crippen molar-refractivity contribution in [1.29, 1.82) is 0 Å². The monoisotopic (exact) mass is 398 g/mol. The van der Waals surface area contributed by atoms with Crippen molar-refractivity contribution in [2.24, 2.45) is 5.10 Å². The molecule has 2 aromatic rings. The molecule has 0 bridgehead atoms. The fraction of sp³-hybridized carbons (Fsp3) is 0.150. The number of ether oxygens (including phenoxy) is 1.